The Balaban J connectivity index is 2.18. The van der Waals surface area contributed by atoms with Crippen LogP contribution in [0.1, 0.15) is 11.4 Å². The fourth-order valence-corrected chi connectivity index (χ4v) is 2.19. The molecule has 7 heteroatoms. The zero-order valence-corrected chi connectivity index (χ0v) is 8.95. The molecule has 0 aliphatic carbocycles. The number of carbonyl (C=O) groups excluding carboxylic acids is 2. The lowest BCUT2D eigenvalue weighted by Crippen LogP contribution is -2.28. The molecule has 1 aliphatic heterocycles. The summed E-state index contributed by atoms with van der Waals surface area (Å²) in [5, 5.41) is 9.02. The predicted molar refractivity (Wildman–Crippen MR) is 54.3 cm³/mol. The maximum atomic E-state index is 11.6. The standard InChI is InChI=1S/C8H10N4O2S/c1-4-10-11-8(15-4)12-3-5(7(9)14)2-6(12)13/h5H,2-3H2,1H3,(H2,9,14). The topological polar surface area (TPSA) is 89.2 Å². The molecule has 80 valence electrons. The summed E-state index contributed by atoms with van der Waals surface area (Å²) in [5.41, 5.74) is 5.16. The van der Waals surface area contributed by atoms with E-state index in [4.69, 9.17) is 5.73 Å². The van der Waals surface area contributed by atoms with Gasteiger partial charge in [0.2, 0.25) is 16.9 Å². The van der Waals surface area contributed by atoms with Gasteiger partial charge in [-0.2, -0.15) is 0 Å². The molecule has 0 bridgehead atoms. The van der Waals surface area contributed by atoms with Crippen molar-refractivity contribution >= 4 is 28.3 Å². The van der Waals surface area contributed by atoms with Gasteiger partial charge in [0.25, 0.3) is 0 Å². The number of aryl methyl sites for hydroxylation is 1. The van der Waals surface area contributed by atoms with Crippen LogP contribution in [0.4, 0.5) is 5.13 Å². The van der Waals surface area contributed by atoms with E-state index in [1.54, 1.807) is 0 Å². The summed E-state index contributed by atoms with van der Waals surface area (Å²) in [5.74, 6) is -0.955. The van der Waals surface area contributed by atoms with Crippen molar-refractivity contribution in [3.05, 3.63) is 5.01 Å². The van der Waals surface area contributed by atoms with Crippen molar-refractivity contribution in [3.63, 3.8) is 0 Å². The second-order valence-corrected chi connectivity index (χ2v) is 4.57. The van der Waals surface area contributed by atoms with E-state index in [2.05, 4.69) is 10.2 Å². The highest BCUT2D eigenvalue weighted by Crippen LogP contribution is 2.27. The van der Waals surface area contributed by atoms with Crippen LogP contribution in [0.25, 0.3) is 0 Å². The number of primary amides is 1. The van der Waals surface area contributed by atoms with Gasteiger partial charge in [0, 0.05) is 13.0 Å². The Hall–Kier alpha value is -1.50. The van der Waals surface area contributed by atoms with Crippen molar-refractivity contribution < 1.29 is 9.59 Å². The van der Waals surface area contributed by atoms with E-state index >= 15 is 0 Å². The molecular formula is C8H10N4O2S. The highest BCUT2D eigenvalue weighted by atomic mass is 32.1. The minimum atomic E-state index is -0.438. The Morgan fingerprint density at radius 2 is 2.33 bits per heavy atom. The van der Waals surface area contributed by atoms with E-state index in [1.165, 1.54) is 16.2 Å². The van der Waals surface area contributed by atoms with E-state index in [0.29, 0.717) is 11.7 Å². The Morgan fingerprint density at radius 1 is 1.60 bits per heavy atom. The van der Waals surface area contributed by atoms with Crippen molar-refractivity contribution in [3.8, 4) is 0 Å². The van der Waals surface area contributed by atoms with E-state index in [9.17, 15) is 9.59 Å². The molecular weight excluding hydrogens is 216 g/mol. The first-order valence-electron chi connectivity index (χ1n) is 4.47. The van der Waals surface area contributed by atoms with Crippen LogP contribution in [0.2, 0.25) is 0 Å². The second kappa shape index (κ2) is 3.58. The lowest BCUT2D eigenvalue weighted by molar-refractivity contribution is -0.123. The van der Waals surface area contributed by atoms with E-state index in [-0.39, 0.29) is 12.3 Å². The summed E-state index contributed by atoms with van der Waals surface area (Å²) in [4.78, 5) is 24.0. The predicted octanol–water partition coefficient (Wildman–Crippen LogP) is -0.315. The SMILES string of the molecule is Cc1nnc(N2CC(C(N)=O)CC2=O)s1. The molecule has 2 heterocycles. The summed E-state index contributed by atoms with van der Waals surface area (Å²) in [6.45, 7) is 2.14. The number of hydrogen-bond acceptors (Lipinski definition) is 5. The van der Waals surface area contributed by atoms with Gasteiger partial charge in [0.1, 0.15) is 5.01 Å². The maximum absolute atomic E-state index is 11.6. The van der Waals surface area contributed by atoms with Crippen LogP contribution in [-0.2, 0) is 9.59 Å². The van der Waals surface area contributed by atoms with Crippen molar-refractivity contribution in [2.24, 2.45) is 11.7 Å². The van der Waals surface area contributed by atoms with Gasteiger partial charge in [-0.05, 0) is 6.92 Å². The van der Waals surface area contributed by atoms with Gasteiger partial charge in [-0.3, -0.25) is 14.5 Å². The van der Waals surface area contributed by atoms with E-state index < -0.39 is 11.8 Å². The molecule has 1 saturated heterocycles. The van der Waals surface area contributed by atoms with Gasteiger partial charge in [-0.25, -0.2) is 0 Å². The summed E-state index contributed by atoms with van der Waals surface area (Å²) in [6, 6.07) is 0. The van der Waals surface area contributed by atoms with Crippen molar-refractivity contribution in [1.82, 2.24) is 10.2 Å². The molecule has 6 nitrogen and oxygen atoms in total. The van der Waals surface area contributed by atoms with Crippen molar-refractivity contribution in [1.29, 1.82) is 0 Å². The summed E-state index contributed by atoms with van der Waals surface area (Å²) < 4.78 is 0. The number of aromatic nitrogens is 2. The van der Waals surface area contributed by atoms with Gasteiger partial charge in [-0.1, -0.05) is 11.3 Å². The molecule has 1 atom stereocenters. The van der Waals surface area contributed by atoms with Crippen LogP contribution in [0.15, 0.2) is 0 Å². The monoisotopic (exact) mass is 226 g/mol. The van der Waals surface area contributed by atoms with Crippen LogP contribution in [-0.4, -0.2) is 28.6 Å². The fourth-order valence-electron chi connectivity index (χ4n) is 1.48. The molecule has 1 aromatic rings. The minimum absolute atomic E-state index is 0.116. The highest BCUT2D eigenvalue weighted by Gasteiger charge is 2.35. The molecule has 0 radical (unpaired) electrons. The number of carbonyl (C=O) groups is 2. The van der Waals surface area contributed by atoms with Crippen LogP contribution >= 0.6 is 11.3 Å². The molecule has 1 aliphatic rings. The molecule has 2 N–H and O–H groups in total. The van der Waals surface area contributed by atoms with Crippen LogP contribution < -0.4 is 10.6 Å². The van der Waals surface area contributed by atoms with Crippen LogP contribution in [0.5, 0.6) is 0 Å². The average molecular weight is 226 g/mol. The third-order valence-corrected chi connectivity index (χ3v) is 3.14. The smallest absolute Gasteiger partial charge is 0.229 e. The van der Waals surface area contributed by atoms with E-state index in [1.807, 2.05) is 6.92 Å². The Morgan fingerprint density at radius 3 is 2.80 bits per heavy atom. The van der Waals surface area contributed by atoms with Crippen LogP contribution in [0, 0.1) is 12.8 Å². The third kappa shape index (κ3) is 1.82. The highest BCUT2D eigenvalue weighted by molar-refractivity contribution is 7.15. The molecule has 15 heavy (non-hydrogen) atoms. The lowest BCUT2D eigenvalue weighted by atomic mass is 10.1. The lowest BCUT2D eigenvalue weighted by Gasteiger charge is -2.10. The first-order valence-corrected chi connectivity index (χ1v) is 5.29. The van der Waals surface area contributed by atoms with Gasteiger partial charge < -0.3 is 5.73 Å². The average Bonchev–Trinajstić information content (AvgIpc) is 2.71. The van der Waals surface area contributed by atoms with Gasteiger partial charge in [-0.15, -0.1) is 10.2 Å². The van der Waals surface area contributed by atoms with Gasteiger partial charge in [0.15, 0.2) is 0 Å². The fraction of sp³-hybridized carbons (Fsp3) is 0.500. The first-order chi connectivity index (χ1) is 7.08. The molecule has 1 aromatic heterocycles. The number of nitrogens with two attached hydrogens (primary N) is 1. The van der Waals surface area contributed by atoms with Crippen molar-refractivity contribution in [2.45, 2.75) is 13.3 Å². The normalized spacial score (nSPS) is 21.0. The summed E-state index contributed by atoms with van der Waals surface area (Å²) in [7, 11) is 0. The van der Waals surface area contributed by atoms with E-state index in [0.717, 1.165) is 5.01 Å². The van der Waals surface area contributed by atoms with Crippen LogP contribution in [0.3, 0.4) is 0 Å². The number of amides is 2. The zero-order valence-electron chi connectivity index (χ0n) is 8.14. The molecule has 2 amide bonds. The maximum Gasteiger partial charge on any atom is 0.229 e. The minimum Gasteiger partial charge on any atom is -0.369 e. The third-order valence-electron chi connectivity index (χ3n) is 2.27. The molecule has 1 unspecified atom stereocenters. The van der Waals surface area contributed by atoms with Gasteiger partial charge in [0.05, 0.1) is 5.92 Å². The molecule has 1 fully saturated rings. The Labute approximate surface area is 90.1 Å². The molecule has 2 rings (SSSR count). The first kappa shape index (κ1) is 10.0. The number of nitrogens with zero attached hydrogens (tertiary/aromatic N) is 3. The molecule has 0 aromatic carbocycles. The number of rotatable bonds is 2. The number of hydrogen-bond donors (Lipinski definition) is 1. The second-order valence-electron chi connectivity index (χ2n) is 3.41. The summed E-state index contributed by atoms with van der Waals surface area (Å²) in [6.07, 6.45) is 0.175. The van der Waals surface area contributed by atoms with Gasteiger partial charge >= 0.3 is 0 Å². The summed E-state index contributed by atoms with van der Waals surface area (Å²) >= 11 is 1.33. The largest absolute Gasteiger partial charge is 0.369 e. The molecule has 0 spiro atoms. The Bertz CT molecular complexity index is 417. The number of anilines is 1. The Kier molecular flexibility index (Phi) is 2.39. The molecule has 0 saturated carbocycles. The van der Waals surface area contributed by atoms with Crippen molar-refractivity contribution in [2.75, 3.05) is 11.4 Å². The zero-order chi connectivity index (χ0) is 11.0. The quantitative estimate of drug-likeness (QED) is 0.748.